The fourth-order valence-corrected chi connectivity index (χ4v) is 3.11. The van der Waals surface area contributed by atoms with Crippen LogP contribution in [0.15, 0.2) is 48.5 Å². The predicted molar refractivity (Wildman–Crippen MR) is 85.1 cm³/mol. The van der Waals surface area contributed by atoms with Gasteiger partial charge in [0, 0.05) is 17.8 Å². The van der Waals surface area contributed by atoms with Gasteiger partial charge in [-0.3, -0.25) is 14.9 Å². The van der Waals surface area contributed by atoms with Crippen molar-refractivity contribution in [1.29, 1.82) is 0 Å². The average molecular weight is 309 g/mol. The van der Waals surface area contributed by atoms with E-state index in [2.05, 4.69) is 5.32 Å². The van der Waals surface area contributed by atoms with Crippen molar-refractivity contribution in [1.82, 2.24) is 4.90 Å². The smallest absolute Gasteiger partial charge is 0.276 e. The molecule has 1 saturated carbocycles. The number of hydrogen-bond donors (Lipinski definition) is 1. The van der Waals surface area contributed by atoms with Gasteiger partial charge in [0.1, 0.15) is 6.17 Å². The molecule has 6 nitrogen and oxygen atoms in total. The number of carbonyl (C=O) groups excluding carboxylic acids is 1. The lowest BCUT2D eigenvalue weighted by molar-refractivity contribution is -0.385. The molecule has 0 bridgehead atoms. The van der Waals surface area contributed by atoms with E-state index in [4.69, 9.17) is 0 Å². The number of hydrogen-bond acceptors (Lipinski definition) is 4. The van der Waals surface area contributed by atoms with Gasteiger partial charge in [-0.15, -0.1) is 0 Å². The number of para-hydroxylation sites is 2. The predicted octanol–water partition coefficient (Wildman–Crippen LogP) is 3.32. The number of nitro groups is 1. The molecule has 2 aliphatic rings. The molecule has 23 heavy (non-hydrogen) atoms. The van der Waals surface area contributed by atoms with Gasteiger partial charge in [0.2, 0.25) is 0 Å². The highest BCUT2D eigenvalue weighted by Gasteiger charge is 2.43. The molecule has 1 atom stereocenters. The second-order valence-corrected chi connectivity index (χ2v) is 5.85. The Morgan fingerprint density at radius 3 is 2.52 bits per heavy atom. The Labute approximate surface area is 132 Å². The molecule has 1 aliphatic carbocycles. The van der Waals surface area contributed by atoms with Crippen molar-refractivity contribution in [2.24, 2.45) is 0 Å². The van der Waals surface area contributed by atoms with E-state index in [9.17, 15) is 14.9 Å². The number of fused-ring (bicyclic) bond motifs is 1. The highest BCUT2D eigenvalue weighted by Crippen LogP contribution is 2.42. The van der Waals surface area contributed by atoms with E-state index in [0.29, 0.717) is 11.1 Å². The molecule has 0 aromatic heterocycles. The number of anilines is 1. The molecular formula is C17H15N3O3. The number of nitrogens with zero attached hydrogens (tertiary/aromatic N) is 2. The lowest BCUT2D eigenvalue weighted by atomic mass is 10.0. The molecule has 1 N–H and O–H groups in total. The first-order chi connectivity index (χ1) is 11.2. The van der Waals surface area contributed by atoms with E-state index in [1.807, 2.05) is 18.2 Å². The van der Waals surface area contributed by atoms with Crippen LogP contribution in [0.3, 0.4) is 0 Å². The van der Waals surface area contributed by atoms with Crippen molar-refractivity contribution < 1.29 is 9.72 Å². The van der Waals surface area contributed by atoms with E-state index in [1.165, 1.54) is 6.07 Å². The summed E-state index contributed by atoms with van der Waals surface area (Å²) < 4.78 is 0. The monoisotopic (exact) mass is 309 g/mol. The Balaban J connectivity index is 1.84. The van der Waals surface area contributed by atoms with E-state index in [1.54, 1.807) is 29.2 Å². The van der Waals surface area contributed by atoms with E-state index >= 15 is 0 Å². The highest BCUT2D eigenvalue weighted by atomic mass is 16.6. The summed E-state index contributed by atoms with van der Waals surface area (Å²) in [6.07, 6.45) is 1.37. The first-order valence-corrected chi connectivity index (χ1v) is 7.58. The standard InChI is InChI=1S/C17H15N3O3/c21-17-12-5-1-3-7-14(12)18-16(19(17)11-9-10-11)13-6-2-4-8-15(13)20(22)23/h1-8,11,16,18H,9-10H2/t16-/m1/s1. The minimum Gasteiger partial charge on any atom is -0.361 e. The Morgan fingerprint density at radius 1 is 1.09 bits per heavy atom. The Kier molecular flexibility index (Phi) is 3.04. The zero-order valence-corrected chi connectivity index (χ0v) is 12.3. The molecular weight excluding hydrogens is 294 g/mol. The lowest BCUT2D eigenvalue weighted by Gasteiger charge is -2.38. The van der Waals surface area contributed by atoms with Crippen LogP contribution in [0.4, 0.5) is 11.4 Å². The van der Waals surface area contributed by atoms with Gasteiger partial charge in [-0.2, -0.15) is 0 Å². The fraction of sp³-hybridized carbons (Fsp3) is 0.235. The molecule has 4 rings (SSSR count). The van der Waals surface area contributed by atoms with Crippen LogP contribution in [0, 0.1) is 10.1 Å². The number of benzene rings is 2. The molecule has 1 amide bonds. The minimum atomic E-state index is -0.508. The maximum absolute atomic E-state index is 12.9. The maximum Gasteiger partial charge on any atom is 0.276 e. The van der Waals surface area contributed by atoms with Gasteiger partial charge in [0.25, 0.3) is 11.6 Å². The summed E-state index contributed by atoms with van der Waals surface area (Å²) in [4.78, 5) is 25.6. The van der Waals surface area contributed by atoms with Gasteiger partial charge in [-0.25, -0.2) is 0 Å². The van der Waals surface area contributed by atoms with Crippen LogP contribution in [0.2, 0.25) is 0 Å². The van der Waals surface area contributed by atoms with Crippen molar-refractivity contribution >= 4 is 17.3 Å². The van der Waals surface area contributed by atoms with Crippen LogP contribution >= 0.6 is 0 Å². The first-order valence-electron chi connectivity index (χ1n) is 7.58. The minimum absolute atomic E-state index is 0.0304. The molecule has 2 aromatic rings. The quantitative estimate of drug-likeness (QED) is 0.697. The number of nitrogens with one attached hydrogen (secondary N) is 1. The van der Waals surface area contributed by atoms with E-state index in [0.717, 1.165) is 18.5 Å². The Morgan fingerprint density at radius 2 is 1.78 bits per heavy atom. The highest BCUT2D eigenvalue weighted by molar-refractivity contribution is 6.02. The topological polar surface area (TPSA) is 75.5 Å². The summed E-state index contributed by atoms with van der Waals surface area (Å²) in [5.41, 5.74) is 1.89. The SMILES string of the molecule is O=C1c2ccccc2N[C@@H](c2ccccc2[N+](=O)[O-])N1C1CC1. The van der Waals surface area contributed by atoms with Gasteiger partial charge >= 0.3 is 0 Å². The third-order valence-electron chi connectivity index (χ3n) is 4.33. The van der Waals surface area contributed by atoms with Crippen molar-refractivity contribution in [3.05, 3.63) is 69.8 Å². The van der Waals surface area contributed by atoms with Crippen molar-refractivity contribution in [2.75, 3.05) is 5.32 Å². The van der Waals surface area contributed by atoms with Gasteiger partial charge in [0.15, 0.2) is 0 Å². The molecule has 0 unspecified atom stereocenters. The van der Waals surface area contributed by atoms with Crippen LogP contribution in [-0.4, -0.2) is 21.8 Å². The molecule has 0 saturated heterocycles. The number of nitro benzene ring substituents is 1. The molecule has 116 valence electrons. The van der Waals surface area contributed by atoms with Gasteiger partial charge < -0.3 is 10.2 Å². The summed E-state index contributed by atoms with van der Waals surface area (Å²) in [5.74, 6) is -0.0648. The normalized spacial score (nSPS) is 19.9. The third kappa shape index (κ3) is 2.23. The summed E-state index contributed by atoms with van der Waals surface area (Å²) in [6.45, 7) is 0. The van der Waals surface area contributed by atoms with Crippen molar-refractivity contribution in [2.45, 2.75) is 25.0 Å². The van der Waals surface area contributed by atoms with Gasteiger partial charge in [0.05, 0.1) is 16.1 Å². The Hall–Kier alpha value is -2.89. The fourth-order valence-electron chi connectivity index (χ4n) is 3.11. The number of rotatable bonds is 3. The molecule has 1 heterocycles. The lowest BCUT2D eigenvalue weighted by Crippen LogP contribution is -2.44. The third-order valence-corrected chi connectivity index (χ3v) is 4.33. The zero-order chi connectivity index (χ0) is 16.0. The number of amides is 1. The van der Waals surface area contributed by atoms with Crippen molar-refractivity contribution in [3.8, 4) is 0 Å². The number of carbonyl (C=O) groups is 1. The first kappa shape index (κ1) is 13.8. The summed E-state index contributed by atoms with van der Waals surface area (Å²) in [5, 5.41) is 14.7. The van der Waals surface area contributed by atoms with E-state index in [-0.39, 0.29) is 17.6 Å². The largest absolute Gasteiger partial charge is 0.361 e. The molecule has 6 heteroatoms. The van der Waals surface area contributed by atoms with Gasteiger partial charge in [-0.1, -0.05) is 24.3 Å². The zero-order valence-electron chi connectivity index (χ0n) is 12.3. The maximum atomic E-state index is 12.9. The molecule has 1 aliphatic heterocycles. The van der Waals surface area contributed by atoms with E-state index < -0.39 is 11.1 Å². The average Bonchev–Trinajstić information content (AvgIpc) is 3.39. The molecule has 2 aromatic carbocycles. The van der Waals surface area contributed by atoms with Crippen LogP contribution in [-0.2, 0) is 0 Å². The van der Waals surface area contributed by atoms with Crippen LogP contribution in [0.5, 0.6) is 0 Å². The Bertz CT molecular complexity index is 801. The molecule has 1 fully saturated rings. The second kappa shape index (κ2) is 5.08. The van der Waals surface area contributed by atoms with Crippen LogP contribution in [0.1, 0.15) is 34.9 Å². The van der Waals surface area contributed by atoms with Crippen molar-refractivity contribution in [3.63, 3.8) is 0 Å². The van der Waals surface area contributed by atoms with Crippen LogP contribution in [0.25, 0.3) is 0 Å². The molecule has 0 spiro atoms. The van der Waals surface area contributed by atoms with Crippen LogP contribution < -0.4 is 5.32 Å². The summed E-state index contributed by atoms with van der Waals surface area (Å²) in [7, 11) is 0. The molecule has 0 radical (unpaired) electrons. The summed E-state index contributed by atoms with van der Waals surface area (Å²) >= 11 is 0. The summed E-state index contributed by atoms with van der Waals surface area (Å²) in [6, 6.07) is 14.0. The van der Waals surface area contributed by atoms with Gasteiger partial charge in [-0.05, 0) is 31.0 Å². The second-order valence-electron chi connectivity index (χ2n) is 5.85.